The summed E-state index contributed by atoms with van der Waals surface area (Å²) in [5.74, 6) is -0.276. The van der Waals surface area contributed by atoms with E-state index in [-0.39, 0.29) is 18.1 Å². The number of ether oxygens (including phenoxy) is 1. The fourth-order valence-electron chi connectivity index (χ4n) is 1.42. The SMILES string of the molecule is CCNS(=O)(=O)CCNc1nc(CCC(=O)OC)cs1. The molecule has 0 saturated heterocycles. The number of nitrogens with zero attached hydrogens (tertiary/aromatic N) is 1. The number of sulfonamides is 1. The summed E-state index contributed by atoms with van der Waals surface area (Å²) in [4.78, 5) is 15.3. The summed E-state index contributed by atoms with van der Waals surface area (Å²) in [6.45, 7) is 2.41. The number of thiazole rings is 1. The number of anilines is 1. The van der Waals surface area contributed by atoms with Crippen LogP contribution in [0.2, 0.25) is 0 Å². The van der Waals surface area contributed by atoms with E-state index in [0.717, 1.165) is 5.69 Å². The van der Waals surface area contributed by atoms with Crippen LogP contribution in [0.3, 0.4) is 0 Å². The molecule has 1 aromatic rings. The van der Waals surface area contributed by atoms with Crippen LogP contribution in [0.15, 0.2) is 5.38 Å². The van der Waals surface area contributed by atoms with Gasteiger partial charge in [0.25, 0.3) is 0 Å². The second-order valence-electron chi connectivity index (χ2n) is 3.96. The molecule has 0 aliphatic heterocycles. The molecule has 0 atom stereocenters. The summed E-state index contributed by atoms with van der Waals surface area (Å²) in [6, 6.07) is 0. The first-order valence-electron chi connectivity index (χ1n) is 6.19. The molecule has 0 spiro atoms. The number of aromatic nitrogens is 1. The molecule has 0 unspecified atom stereocenters. The van der Waals surface area contributed by atoms with Crippen LogP contribution in [0.5, 0.6) is 0 Å². The van der Waals surface area contributed by atoms with E-state index in [9.17, 15) is 13.2 Å². The molecule has 1 rings (SSSR count). The smallest absolute Gasteiger partial charge is 0.305 e. The largest absolute Gasteiger partial charge is 0.469 e. The van der Waals surface area contributed by atoms with Crippen molar-refractivity contribution in [3.63, 3.8) is 0 Å². The molecule has 0 aliphatic rings. The van der Waals surface area contributed by atoms with Crippen LogP contribution >= 0.6 is 11.3 Å². The summed E-state index contributed by atoms with van der Waals surface area (Å²) in [5, 5.41) is 5.44. The van der Waals surface area contributed by atoms with Crippen LogP contribution in [0.1, 0.15) is 19.0 Å². The average molecular weight is 321 g/mol. The first kappa shape index (κ1) is 16.9. The summed E-state index contributed by atoms with van der Waals surface area (Å²) in [6.07, 6.45) is 0.801. The predicted molar refractivity (Wildman–Crippen MR) is 78.4 cm³/mol. The van der Waals surface area contributed by atoms with Crippen LogP contribution in [0.25, 0.3) is 0 Å². The van der Waals surface area contributed by atoms with Gasteiger partial charge in [0.05, 0.1) is 25.0 Å². The molecule has 0 bridgehead atoms. The maximum Gasteiger partial charge on any atom is 0.305 e. The minimum atomic E-state index is -3.22. The van der Waals surface area contributed by atoms with Gasteiger partial charge in [0, 0.05) is 24.9 Å². The van der Waals surface area contributed by atoms with Gasteiger partial charge in [-0.2, -0.15) is 0 Å². The third-order valence-electron chi connectivity index (χ3n) is 2.38. The lowest BCUT2D eigenvalue weighted by molar-refractivity contribution is -0.140. The Bertz CT molecular complexity index is 528. The average Bonchev–Trinajstić information content (AvgIpc) is 2.83. The first-order valence-corrected chi connectivity index (χ1v) is 8.72. The number of hydrogen-bond donors (Lipinski definition) is 2. The molecule has 9 heteroatoms. The molecule has 0 fully saturated rings. The summed E-state index contributed by atoms with van der Waals surface area (Å²) >= 11 is 1.38. The Balaban J connectivity index is 2.35. The maximum atomic E-state index is 11.4. The summed E-state index contributed by atoms with van der Waals surface area (Å²) < 4.78 is 29.8. The van der Waals surface area contributed by atoms with Crippen molar-refractivity contribution in [2.24, 2.45) is 0 Å². The van der Waals surface area contributed by atoms with Crippen LogP contribution in [0.4, 0.5) is 5.13 Å². The van der Waals surface area contributed by atoms with Gasteiger partial charge in [0.2, 0.25) is 10.0 Å². The van der Waals surface area contributed by atoms with E-state index in [1.165, 1.54) is 18.4 Å². The van der Waals surface area contributed by atoms with Gasteiger partial charge in [-0.1, -0.05) is 6.92 Å². The molecule has 0 saturated carbocycles. The fraction of sp³-hybridized carbons (Fsp3) is 0.636. The van der Waals surface area contributed by atoms with Crippen LogP contribution in [-0.2, 0) is 26.0 Å². The number of aryl methyl sites for hydroxylation is 1. The zero-order chi connectivity index (χ0) is 15.0. The molecule has 20 heavy (non-hydrogen) atoms. The zero-order valence-electron chi connectivity index (χ0n) is 11.5. The van der Waals surface area contributed by atoms with Crippen LogP contribution in [0, 0.1) is 0 Å². The first-order chi connectivity index (χ1) is 9.46. The highest BCUT2D eigenvalue weighted by atomic mass is 32.2. The van der Waals surface area contributed by atoms with Crippen molar-refractivity contribution in [2.75, 3.05) is 31.3 Å². The van der Waals surface area contributed by atoms with E-state index in [0.29, 0.717) is 24.6 Å². The zero-order valence-corrected chi connectivity index (χ0v) is 13.1. The van der Waals surface area contributed by atoms with Gasteiger partial charge in [-0.3, -0.25) is 4.79 Å². The number of carbonyl (C=O) groups excluding carboxylic acids is 1. The second-order valence-corrected chi connectivity index (χ2v) is 6.75. The highest BCUT2D eigenvalue weighted by Crippen LogP contribution is 2.16. The van der Waals surface area contributed by atoms with Crippen molar-refractivity contribution < 1.29 is 17.9 Å². The molecular formula is C11H19N3O4S2. The van der Waals surface area contributed by atoms with Gasteiger partial charge < -0.3 is 10.1 Å². The fourth-order valence-corrected chi connectivity index (χ4v) is 3.15. The van der Waals surface area contributed by atoms with E-state index in [4.69, 9.17) is 0 Å². The van der Waals surface area contributed by atoms with E-state index in [1.54, 1.807) is 6.92 Å². The monoisotopic (exact) mass is 321 g/mol. The van der Waals surface area contributed by atoms with Gasteiger partial charge in [-0.15, -0.1) is 11.3 Å². The maximum absolute atomic E-state index is 11.4. The summed E-state index contributed by atoms with van der Waals surface area (Å²) in [5.41, 5.74) is 0.789. The van der Waals surface area contributed by atoms with Gasteiger partial charge in [-0.25, -0.2) is 18.1 Å². The van der Waals surface area contributed by atoms with Crippen LogP contribution in [-0.4, -0.2) is 45.3 Å². The molecule has 7 nitrogen and oxygen atoms in total. The lowest BCUT2D eigenvalue weighted by atomic mass is 10.2. The number of carbonyl (C=O) groups is 1. The highest BCUT2D eigenvalue weighted by Gasteiger charge is 2.09. The third-order valence-corrected chi connectivity index (χ3v) is 4.69. The molecular weight excluding hydrogens is 302 g/mol. The van der Waals surface area contributed by atoms with Crippen molar-refractivity contribution in [3.8, 4) is 0 Å². The van der Waals surface area contributed by atoms with Crippen molar-refractivity contribution in [2.45, 2.75) is 19.8 Å². The lowest BCUT2D eigenvalue weighted by Crippen LogP contribution is -2.29. The molecule has 0 amide bonds. The Morgan fingerprint density at radius 3 is 2.90 bits per heavy atom. The molecule has 0 aliphatic carbocycles. The molecule has 0 radical (unpaired) electrons. The number of methoxy groups -OCH3 is 1. The number of nitrogens with one attached hydrogen (secondary N) is 2. The van der Waals surface area contributed by atoms with Gasteiger partial charge in [0.15, 0.2) is 5.13 Å². The predicted octanol–water partition coefficient (Wildman–Crippen LogP) is 0.600. The minimum Gasteiger partial charge on any atom is -0.469 e. The lowest BCUT2D eigenvalue weighted by Gasteiger charge is -2.04. The molecule has 2 N–H and O–H groups in total. The summed E-state index contributed by atoms with van der Waals surface area (Å²) in [7, 11) is -1.87. The normalized spacial score (nSPS) is 11.3. The number of esters is 1. The van der Waals surface area contributed by atoms with E-state index >= 15 is 0 Å². The van der Waals surface area contributed by atoms with Crippen molar-refractivity contribution in [1.29, 1.82) is 0 Å². The highest BCUT2D eigenvalue weighted by molar-refractivity contribution is 7.89. The Labute approximate surface area is 122 Å². The second kappa shape index (κ2) is 8.18. The molecule has 1 aromatic heterocycles. The van der Waals surface area contributed by atoms with Gasteiger partial charge in [0.1, 0.15) is 0 Å². The molecule has 1 heterocycles. The Kier molecular flexibility index (Phi) is 6.89. The third kappa shape index (κ3) is 6.31. The van der Waals surface area contributed by atoms with Crippen molar-refractivity contribution >= 4 is 32.5 Å². The number of rotatable bonds is 9. The van der Waals surface area contributed by atoms with E-state index in [1.807, 2.05) is 5.38 Å². The minimum absolute atomic E-state index is 0.00207. The molecule has 114 valence electrons. The van der Waals surface area contributed by atoms with Crippen molar-refractivity contribution in [3.05, 3.63) is 11.1 Å². The number of hydrogen-bond acceptors (Lipinski definition) is 7. The van der Waals surface area contributed by atoms with Gasteiger partial charge in [-0.05, 0) is 0 Å². The van der Waals surface area contributed by atoms with E-state index in [2.05, 4.69) is 19.8 Å². The van der Waals surface area contributed by atoms with Crippen LogP contribution < -0.4 is 10.0 Å². The Morgan fingerprint density at radius 2 is 2.25 bits per heavy atom. The van der Waals surface area contributed by atoms with Gasteiger partial charge >= 0.3 is 5.97 Å². The Hall–Kier alpha value is -1.19. The van der Waals surface area contributed by atoms with Crippen molar-refractivity contribution in [1.82, 2.24) is 9.71 Å². The Morgan fingerprint density at radius 1 is 1.50 bits per heavy atom. The topological polar surface area (TPSA) is 97.4 Å². The standard InChI is InChI=1S/C11H19N3O4S2/c1-3-13-20(16,17)7-6-12-11-14-9(8-19-11)4-5-10(15)18-2/h8,13H,3-7H2,1-2H3,(H,12,14). The van der Waals surface area contributed by atoms with E-state index < -0.39 is 10.0 Å². The molecule has 0 aromatic carbocycles. The quantitative estimate of drug-likeness (QED) is 0.646.